The SMILES string of the molecule is O=C(OC1c2ccccc2-c2ccccc21)c1cc2c(cc1[N+](=O)[O-])OCCO2. The minimum absolute atomic E-state index is 0.166. The Bertz CT molecular complexity index is 1110. The molecule has 0 aromatic heterocycles. The van der Waals surface area contributed by atoms with Crippen LogP contribution in [0, 0.1) is 10.1 Å². The van der Waals surface area contributed by atoms with Gasteiger partial charge in [-0.15, -0.1) is 0 Å². The van der Waals surface area contributed by atoms with Gasteiger partial charge in [0, 0.05) is 17.2 Å². The predicted molar refractivity (Wildman–Crippen MR) is 103 cm³/mol. The van der Waals surface area contributed by atoms with E-state index in [4.69, 9.17) is 14.2 Å². The van der Waals surface area contributed by atoms with Gasteiger partial charge in [-0.25, -0.2) is 4.79 Å². The third-order valence-corrected chi connectivity index (χ3v) is 5.08. The van der Waals surface area contributed by atoms with Gasteiger partial charge < -0.3 is 14.2 Å². The third kappa shape index (κ3) is 2.79. The van der Waals surface area contributed by atoms with Crippen LogP contribution in [0.3, 0.4) is 0 Å². The molecule has 0 spiro atoms. The number of esters is 1. The molecule has 29 heavy (non-hydrogen) atoms. The number of rotatable bonds is 3. The Labute approximate surface area is 165 Å². The van der Waals surface area contributed by atoms with E-state index in [0.29, 0.717) is 19.0 Å². The molecule has 0 saturated carbocycles. The normalized spacial score (nSPS) is 14.1. The first-order valence-corrected chi connectivity index (χ1v) is 9.11. The monoisotopic (exact) mass is 389 g/mol. The van der Waals surface area contributed by atoms with E-state index in [1.165, 1.54) is 12.1 Å². The van der Waals surface area contributed by atoms with Gasteiger partial charge in [-0.1, -0.05) is 48.5 Å². The first-order valence-electron chi connectivity index (χ1n) is 9.11. The number of carbonyl (C=O) groups excluding carboxylic acids is 1. The van der Waals surface area contributed by atoms with E-state index < -0.39 is 17.0 Å². The molecule has 0 bridgehead atoms. The van der Waals surface area contributed by atoms with Crippen LogP contribution in [0.25, 0.3) is 11.1 Å². The summed E-state index contributed by atoms with van der Waals surface area (Å²) in [4.78, 5) is 23.9. The number of fused-ring (bicyclic) bond motifs is 4. The van der Waals surface area contributed by atoms with Crippen LogP contribution in [0.2, 0.25) is 0 Å². The topological polar surface area (TPSA) is 87.9 Å². The average Bonchev–Trinajstić information content (AvgIpc) is 3.07. The van der Waals surface area contributed by atoms with Gasteiger partial charge in [0.25, 0.3) is 5.69 Å². The zero-order valence-corrected chi connectivity index (χ0v) is 15.2. The van der Waals surface area contributed by atoms with Crippen molar-refractivity contribution in [2.24, 2.45) is 0 Å². The highest BCUT2D eigenvalue weighted by Gasteiger charge is 2.34. The molecular weight excluding hydrogens is 374 g/mol. The Morgan fingerprint density at radius 3 is 2.07 bits per heavy atom. The summed E-state index contributed by atoms with van der Waals surface area (Å²) < 4.78 is 16.7. The Hall–Kier alpha value is -3.87. The Morgan fingerprint density at radius 2 is 1.48 bits per heavy atom. The summed E-state index contributed by atoms with van der Waals surface area (Å²) >= 11 is 0. The van der Waals surface area contributed by atoms with Gasteiger partial charge in [-0.3, -0.25) is 10.1 Å². The molecule has 0 fully saturated rings. The number of hydrogen-bond donors (Lipinski definition) is 0. The molecule has 5 rings (SSSR count). The van der Waals surface area contributed by atoms with Crippen molar-refractivity contribution in [3.63, 3.8) is 0 Å². The lowest BCUT2D eigenvalue weighted by atomic mass is 10.1. The lowest BCUT2D eigenvalue weighted by molar-refractivity contribution is -0.385. The molecule has 7 nitrogen and oxygen atoms in total. The maximum atomic E-state index is 13.0. The molecule has 3 aromatic carbocycles. The standard InChI is InChI=1S/C22H15NO6/c24-22(17-11-19-20(28-10-9-27-19)12-18(17)23(25)26)29-21-15-7-3-1-5-13(15)14-6-2-4-8-16(14)21/h1-8,11-12,21H,9-10H2. The number of ether oxygens (including phenoxy) is 3. The lowest BCUT2D eigenvalue weighted by Crippen LogP contribution is -2.18. The first-order chi connectivity index (χ1) is 14.1. The second kappa shape index (κ2) is 6.63. The fraction of sp³-hybridized carbons (Fsp3) is 0.136. The molecule has 1 aliphatic heterocycles. The van der Waals surface area contributed by atoms with E-state index in [-0.39, 0.29) is 17.0 Å². The quantitative estimate of drug-likeness (QED) is 0.377. The lowest BCUT2D eigenvalue weighted by Gasteiger charge is -2.19. The Balaban J connectivity index is 1.55. The summed E-state index contributed by atoms with van der Waals surface area (Å²) in [7, 11) is 0. The summed E-state index contributed by atoms with van der Waals surface area (Å²) in [5.41, 5.74) is 3.12. The number of hydrogen-bond acceptors (Lipinski definition) is 6. The molecule has 0 saturated heterocycles. The minimum Gasteiger partial charge on any atom is -0.486 e. The average molecular weight is 389 g/mol. The molecule has 1 heterocycles. The van der Waals surface area contributed by atoms with Crippen molar-refractivity contribution < 1.29 is 23.9 Å². The zero-order valence-electron chi connectivity index (χ0n) is 15.2. The predicted octanol–water partition coefficient (Wildman–Crippen LogP) is 4.29. The summed E-state index contributed by atoms with van der Waals surface area (Å²) in [5.74, 6) is -0.248. The van der Waals surface area contributed by atoms with Crippen molar-refractivity contribution in [1.29, 1.82) is 0 Å². The van der Waals surface area contributed by atoms with Crippen LogP contribution >= 0.6 is 0 Å². The molecule has 7 heteroatoms. The number of nitro groups is 1. The van der Waals surface area contributed by atoms with Gasteiger partial charge in [0.2, 0.25) is 0 Å². The van der Waals surface area contributed by atoms with Crippen LogP contribution in [0.4, 0.5) is 5.69 Å². The summed E-state index contributed by atoms with van der Waals surface area (Å²) in [6.45, 7) is 0.603. The van der Waals surface area contributed by atoms with Crippen molar-refractivity contribution in [3.8, 4) is 22.6 Å². The highest BCUT2D eigenvalue weighted by Crippen LogP contribution is 2.46. The van der Waals surface area contributed by atoms with Gasteiger partial charge >= 0.3 is 5.97 Å². The molecule has 0 unspecified atom stereocenters. The Morgan fingerprint density at radius 1 is 0.931 bits per heavy atom. The van der Waals surface area contributed by atoms with E-state index in [1.54, 1.807) is 0 Å². The molecule has 1 aliphatic carbocycles. The highest BCUT2D eigenvalue weighted by molar-refractivity contribution is 5.96. The van der Waals surface area contributed by atoms with Crippen molar-refractivity contribution >= 4 is 11.7 Å². The molecule has 3 aromatic rings. The van der Waals surface area contributed by atoms with Gasteiger partial charge in [0.15, 0.2) is 17.6 Å². The van der Waals surface area contributed by atoms with Crippen molar-refractivity contribution in [1.82, 2.24) is 0 Å². The maximum absolute atomic E-state index is 13.0. The molecule has 0 radical (unpaired) electrons. The van der Waals surface area contributed by atoms with Crippen LogP contribution in [-0.4, -0.2) is 24.1 Å². The molecule has 144 valence electrons. The van der Waals surface area contributed by atoms with Gasteiger partial charge in [-0.05, 0) is 11.1 Å². The maximum Gasteiger partial charge on any atom is 0.346 e. The zero-order chi connectivity index (χ0) is 20.0. The molecular formula is C22H15NO6. The van der Waals surface area contributed by atoms with E-state index in [9.17, 15) is 14.9 Å². The third-order valence-electron chi connectivity index (χ3n) is 5.08. The molecule has 0 N–H and O–H groups in total. The van der Waals surface area contributed by atoms with Gasteiger partial charge in [-0.2, -0.15) is 0 Å². The van der Waals surface area contributed by atoms with Crippen molar-refractivity contribution in [2.45, 2.75) is 6.10 Å². The number of nitrogens with zero attached hydrogens (tertiary/aromatic N) is 1. The number of nitro benzene ring substituents is 1. The van der Waals surface area contributed by atoms with E-state index in [2.05, 4.69) is 0 Å². The van der Waals surface area contributed by atoms with E-state index in [0.717, 1.165) is 22.3 Å². The fourth-order valence-corrected chi connectivity index (χ4v) is 3.80. The number of benzene rings is 3. The van der Waals surface area contributed by atoms with Crippen LogP contribution in [0.1, 0.15) is 27.6 Å². The molecule has 0 amide bonds. The van der Waals surface area contributed by atoms with Crippen LogP contribution in [0.5, 0.6) is 11.5 Å². The van der Waals surface area contributed by atoms with Crippen molar-refractivity contribution in [3.05, 3.63) is 87.5 Å². The summed E-state index contributed by atoms with van der Waals surface area (Å²) in [5, 5.41) is 11.5. The Kier molecular flexibility index (Phi) is 3.94. The number of carbonyl (C=O) groups is 1. The first kappa shape index (κ1) is 17.2. The minimum atomic E-state index is -0.787. The van der Waals surface area contributed by atoms with E-state index >= 15 is 0 Å². The smallest absolute Gasteiger partial charge is 0.346 e. The largest absolute Gasteiger partial charge is 0.486 e. The second-order valence-corrected chi connectivity index (χ2v) is 6.73. The van der Waals surface area contributed by atoms with Crippen LogP contribution < -0.4 is 9.47 Å². The van der Waals surface area contributed by atoms with Gasteiger partial charge in [0.1, 0.15) is 18.8 Å². The highest BCUT2D eigenvalue weighted by atomic mass is 16.6. The molecule has 2 aliphatic rings. The van der Waals surface area contributed by atoms with Crippen LogP contribution in [0.15, 0.2) is 60.7 Å². The van der Waals surface area contributed by atoms with Crippen molar-refractivity contribution in [2.75, 3.05) is 13.2 Å². The summed E-state index contributed by atoms with van der Waals surface area (Å²) in [6, 6.07) is 17.8. The second-order valence-electron chi connectivity index (χ2n) is 6.73. The summed E-state index contributed by atoms with van der Waals surface area (Å²) in [6.07, 6.45) is -0.636. The fourth-order valence-electron chi connectivity index (χ4n) is 3.80. The van der Waals surface area contributed by atoms with Crippen LogP contribution in [-0.2, 0) is 4.74 Å². The molecule has 0 atom stereocenters. The van der Waals surface area contributed by atoms with Gasteiger partial charge in [0.05, 0.1) is 11.0 Å². The van der Waals surface area contributed by atoms with E-state index in [1.807, 2.05) is 48.5 Å².